The average molecular weight is 319 g/mol. The summed E-state index contributed by atoms with van der Waals surface area (Å²) in [5.74, 6) is 0. The molecule has 2 rings (SSSR count). The van der Waals surface area contributed by atoms with Gasteiger partial charge in [-0.3, -0.25) is 0 Å². The highest BCUT2D eigenvalue weighted by Crippen LogP contribution is 2.26. The zero-order valence-corrected chi connectivity index (χ0v) is 11.7. The molecule has 0 amide bonds. The van der Waals surface area contributed by atoms with Gasteiger partial charge in [-0.2, -0.15) is 4.31 Å². The summed E-state index contributed by atoms with van der Waals surface area (Å²) in [5.41, 5.74) is 5.82. The zero-order valence-electron chi connectivity index (χ0n) is 9.34. The highest BCUT2D eigenvalue weighted by molar-refractivity contribution is 9.10. The summed E-state index contributed by atoms with van der Waals surface area (Å²) in [6.45, 7) is 0.959. The molecule has 1 aromatic carbocycles. The van der Waals surface area contributed by atoms with Gasteiger partial charge in [0, 0.05) is 23.6 Å². The Kier molecular flexibility index (Phi) is 3.87. The fraction of sp³-hybridized carbons (Fsp3) is 0.455. The third kappa shape index (κ3) is 2.70. The summed E-state index contributed by atoms with van der Waals surface area (Å²) in [7, 11) is -3.42. The van der Waals surface area contributed by atoms with Gasteiger partial charge in [0.25, 0.3) is 0 Å². The SMILES string of the molecule is N[C@H]1CCCN(S(=O)(=O)c2ccccc2Br)C1. The Balaban J connectivity index is 2.33. The van der Waals surface area contributed by atoms with Gasteiger partial charge in [0.1, 0.15) is 0 Å². The largest absolute Gasteiger partial charge is 0.327 e. The Labute approximate surface area is 110 Å². The van der Waals surface area contributed by atoms with Crippen molar-refractivity contribution in [2.45, 2.75) is 23.8 Å². The van der Waals surface area contributed by atoms with E-state index in [1.807, 2.05) is 0 Å². The quantitative estimate of drug-likeness (QED) is 0.900. The summed E-state index contributed by atoms with van der Waals surface area (Å²) in [6, 6.07) is 6.81. The molecule has 0 radical (unpaired) electrons. The van der Waals surface area contributed by atoms with E-state index in [-0.39, 0.29) is 6.04 Å². The van der Waals surface area contributed by atoms with Crippen LogP contribution in [-0.2, 0) is 10.0 Å². The van der Waals surface area contributed by atoms with Crippen LogP contribution in [0.25, 0.3) is 0 Å². The molecular weight excluding hydrogens is 304 g/mol. The number of nitrogens with zero attached hydrogens (tertiary/aromatic N) is 1. The summed E-state index contributed by atoms with van der Waals surface area (Å²) in [5, 5.41) is 0. The van der Waals surface area contributed by atoms with Crippen LogP contribution in [0.2, 0.25) is 0 Å². The molecule has 1 aliphatic heterocycles. The van der Waals surface area contributed by atoms with Crippen molar-refractivity contribution in [1.82, 2.24) is 4.31 Å². The van der Waals surface area contributed by atoms with Crippen LogP contribution in [0, 0.1) is 0 Å². The van der Waals surface area contributed by atoms with Crippen molar-refractivity contribution in [3.63, 3.8) is 0 Å². The molecule has 0 saturated carbocycles. The standard InChI is InChI=1S/C11H15BrN2O2S/c12-10-5-1-2-6-11(10)17(15,16)14-7-3-4-9(13)8-14/h1-2,5-6,9H,3-4,7-8,13H2/t9-/m0/s1. The normalized spacial score (nSPS) is 22.6. The predicted molar refractivity (Wildman–Crippen MR) is 70.1 cm³/mol. The summed E-state index contributed by atoms with van der Waals surface area (Å²) in [4.78, 5) is 0.314. The molecule has 17 heavy (non-hydrogen) atoms. The Morgan fingerprint density at radius 1 is 1.35 bits per heavy atom. The van der Waals surface area contributed by atoms with Gasteiger partial charge in [-0.25, -0.2) is 8.42 Å². The Bertz CT molecular complexity index is 504. The highest BCUT2D eigenvalue weighted by atomic mass is 79.9. The van der Waals surface area contributed by atoms with Gasteiger partial charge >= 0.3 is 0 Å². The molecule has 0 unspecified atom stereocenters. The van der Waals surface area contributed by atoms with Gasteiger partial charge < -0.3 is 5.73 Å². The minimum absolute atomic E-state index is 0.0546. The molecule has 0 aliphatic carbocycles. The zero-order chi connectivity index (χ0) is 12.5. The summed E-state index contributed by atoms with van der Waals surface area (Å²) < 4.78 is 26.9. The molecule has 0 spiro atoms. The molecule has 2 N–H and O–H groups in total. The first-order valence-electron chi connectivity index (χ1n) is 5.52. The van der Waals surface area contributed by atoms with Crippen molar-refractivity contribution in [1.29, 1.82) is 0 Å². The third-order valence-corrected chi connectivity index (χ3v) is 5.75. The highest BCUT2D eigenvalue weighted by Gasteiger charge is 2.29. The van der Waals surface area contributed by atoms with Crippen molar-refractivity contribution in [2.75, 3.05) is 13.1 Å². The predicted octanol–water partition coefficient (Wildman–Crippen LogP) is 1.56. The lowest BCUT2D eigenvalue weighted by atomic mass is 10.1. The number of piperidine rings is 1. The molecule has 0 aromatic heterocycles. The minimum atomic E-state index is -3.42. The van der Waals surface area contributed by atoms with Crippen molar-refractivity contribution < 1.29 is 8.42 Å². The third-order valence-electron chi connectivity index (χ3n) is 2.88. The van der Waals surface area contributed by atoms with E-state index in [2.05, 4.69) is 15.9 Å². The van der Waals surface area contributed by atoms with Gasteiger partial charge in [-0.1, -0.05) is 12.1 Å². The van der Waals surface area contributed by atoms with Crippen molar-refractivity contribution in [2.24, 2.45) is 5.73 Å². The van der Waals surface area contributed by atoms with Gasteiger partial charge in [0.2, 0.25) is 10.0 Å². The van der Waals surface area contributed by atoms with Crippen molar-refractivity contribution in [3.05, 3.63) is 28.7 Å². The molecule has 6 heteroatoms. The topological polar surface area (TPSA) is 63.4 Å². The second-order valence-electron chi connectivity index (χ2n) is 4.20. The van der Waals surface area contributed by atoms with Crippen LogP contribution in [0.4, 0.5) is 0 Å². The Morgan fingerprint density at radius 3 is 2.71 bits per heavy atom. The fourth-order valence-corrected chi connectivity index (χ4v) is 4.48. The molecular formula is C11H15BrN2O2S. The van der Waals surface area contributed by atoms with E-state index in [0.717, 1.165) is 12.8 Å². The first kappa shape index (κ1) is 13.0. The van der Waals surface area contributed by atoms with Gasteiger partial charge in [-0.15, -0.1) is 0 Å². The maximum Gasteiger partial charge on any atom is 0.244 e. The molecule has 1 heterocycles. The average Bonchev–Trinajstić information content (AvgIpc) is 2.29. The smallest absolute Gasteiger partial charge is 0.244 e. The number of sulfonamides is 1. The van der Waals surface area contributed by atoms with Gasteiger partial charge in [0.05, 0.1) is 4.90 Å². The molecule has 1 aromatic rings. The van der Waals surface area contributed by atoms with E-state index in [0.29, 0.717) is 22.5 Å². The van der Waals surface area contributed by atoms with E-state index in [1.54, 1.807) is 24.3 Å². The lowest BCUT2D eigenvalue weighted by Crippen LogP contribution is -2.45. The van der Waals surface area contributed by atoms with Gasteiger partial charge in [-0.05, 0) is 40.9 Å². The number of rotatable bonds is 2. The van der Waals surface area contributed by atoms with E-state index in [1.165, 1.54) is 4.31 Å². The molecule has 1 fully saturated rings. The summed E-state index contributed by atoms with van der Waals surface area (Å²) >= 11 is 3.28. The number of halogens is 1. The maximum atomic E-state index is 12.4. The first-order valence-corrected chi connectivity index (χ1v) is 7.75. The van der Waals surface area contributed by atoms with Crippen molar-refractivity contribution in [3.8, 4) is 0 Å². The van der Waals surface area contributed by atoms with E-state index < -0.39 is 10.0 Å². The maximum absolute atomic E-state index is 12.4. The molecule has 1 aliphatic rings. The summed E-state index contributed by atoms with van der Waals surface area (Å²) in [6.07, 6.45) is 1.72. The second kappa shape index (κ2) is 5.06. The van der Waals surface area contributed by atoms with Crippen LogP contribution in [0.1, 0.15) is 12.8 Å². The lowest BCUT2D eigenvalue weighted by molar-refractivity contribution is 0.316. The van der Waals surface area contributed by atoms with Crippen LogP contribution in [0.15, 0.2) is 33.6 Å². The minimum Gasteiger partial charge on any atom is -0.327 e. The fourth-order valence-electron chi connectivity index (χ4n) is 1.99. The molecule has 94 valence electrons. The molecule has 1 saturated heterocycles. The van der Waals surface area contributed by atoms with Crippen LogP contribution in [-0.4, -0.2) is 31.9 Å². The van der Waals surface area contributed by atoms with E-state index in [4.69, 9.17) is 5.73 Å². The Hall–Kier alpha value is -0.430. The molecule has 1 atom stereocenters. The monoisotopic (exact) mass is 318 g/mol. The second-order valence-corrected chi connectivity index (χ2v) is 6.96. The van der Waals surface area contributed by atoms with Crippen LogP contribution in [0.5, 0.6) is 0 Å². The van der Waals surface area contributed by atoms with Gasteiger partial charge in [0.15, 0.2) is 0 Å². The van der Waals surface area contributed by atoms with Crippen LogP contribution >= 0.6 is 15.9 Å². The van der Waals surface area contributed by atoms with Crippen LogP contribution < -0.4 is 5.73 Å². The van der Waals surface area contributed by atoms with E-state index in [9.17, 15) is 8.42 Å². The van der Waals surface area contributed by atoms with E-state index >= 15 is 0 Å². The Morgan fingerprint density at radius 2 is 2.06 bits per heavy atom. The molecule has 0 bridgehead atoms. The number of hydrogen-bond donors (Lipinski definition) is 1. The van der Waals surface area contributed by atoms with Crippen LogP contribution in [0.3, 0.4) is 0 Å². The number of benzene rings is 1. The molecule has 4 nitrogen and oxygen atoms in total. The lowest BCUT2D eigenvalue weighted by Gasteiger charge is -2.30. The first-order chi connectivity index (χ1) is 8.01. The van der Waals surface area contributed by atoms with Crippen molar-refractivity contribution >= 4 is 26.0 Å². The number of hydrogen-bond acceptors (Lipinski definition) is 3. The number of nitrogens with two attached hydrogens (primary N) is 1.